The Kier molecular flexibility index (Phi) is 6.57. The van der Waals surface area contributed by atoms with Crippen molar-refractivity contribution in [1.29, 1.82) is 0 Å². The zero-order chi connectivity index (χ0) is 13.5. The van der Waals surface area contributed by atoms with Crippen molar-refractivity contribution in [1.82, 2.24) is 10.6 Å². The van der Waals surface area contributed by atoms with Crippen molar-refractivity contribution in [2.45, 2.75) is 45.2 Å². The molecule has 100 valence electrons. The molecule has 0 saturated carbocycles. The number of carboxylic acid groups (broad SMARTS) is 1. The van der Waals surface area contributed by atoms with Gasteiger partial charge < -0.3 is 20.5 Å². The molecule has 0 saturated heterocycles. The summed E-state index contributed by atoms with van der Waals surface area (Å²) in [7, 11) is 1.54. The van der Waals surface area contributed by atoms with E-state index in [4.69, 9.17) is 9.84 Å². The summed E-state index contributed by atoms with van der Waals surface area (Å²) in [4.78, 5) is 22.4. The Bertz CT molecular complexity index is 266. The topological polar surface area (TPSA) is 87.7 Å². The molecule has 0 aliphatic rings. The first kappa shape index (κ1) is 15.7. The lowest BCUT2D eigenvalue weighted by atomic mass is 10.1. The molecule has 0 radical (unpaired) electrons. The number of aliphatic carboxylic acids is 1. The molecule has 17 heavy (non-hydrogen) atoms. The van der Waals surface area contributed by atoms with Crippen LogP contribution in [0.15, 0.2) is 0 Å². The van der Waals surface area contributed by atoms with E-state index < -0.39 is 23.6 Å². The van der Waals surface area contributed by atoms with E-state index in [-0.39, 0.29) is 0 Å². The minimum absolute atomic E-state index is 0.353. The number of carbonyl (C=O) groups is 2. The number of amides is 2. The Balaban J connectivity index is 4.27. The highest BCUT2D eigenvalue weighted by Gasteiger charge is 2.24. The van der Waals surface area contributed by atoms with E-state index in [0.29, 0.717) is 19.4 Å². The van der Waals surface area contributed by atoms with Gasteiger partial charge in [0.1, 0.15) is 6.04 Å². The molecule has 0 unspecified atom stereocenters. The van der Waals surface area contributed by atoms with Crippen LogP contribution < -0.4 is 10.6 Å². The average molecular weight is 246 g/mol. The summed E-state index contributed by atoms with van der Waals surface area (Å²) >= 11 is 0. The summed E-state index contributed by atoms with van der Waals surface area (Å²) in [6.07, 6.45) is 1.10. The Labute approximate surface area is 102 Å². The molecule has 0 fully saturated rings. The number of carboxylic acids is 1. The molecule has 2 amide bonds. The minimum atomic E-state index is -1.02. The van der Waals surface area contributed by atoms with Crippen molar-refractivity contribution in [3.05, 3.63) is 0 Å². The molecular weight excluding hydrogens is 224 g/mol. The summed E-state index contributed by atoms with van der Waals surface area (Å²) in [5.74, 6) is -1.02. The van der Waals surface area contributed by atoms with E-state index >= 15 is 0 Å². The molecule has 6 heteroatoms. The molecule has 0 aliphatic carbocycles. The molecule has 0 spiro atoms. The fourth-order valence-electron chi connectivity index (χ4n) is 1.44. The Morgan fingerprint density at radius 1 is 1.41 bits per heavy atom. The van der Waals surface area contributed by atoms with Crippen LogP contribution in [-0.4, -0.2) is 42.4 Å². The van der Waals surface area contributed by atoms with Gasteiger partial charge in [0.05, 0.1) is 12.1 Å². The molecule has 0 heterocycles. The van der Waals surface area contributed by atoms with Crippen LogP contribution in [-0.2, 0) is 9.53 Å². The van der Waals surface area contributed by atoms with Crippen molar-refractivity contribution in [2.75, 3.05) is 13.7 Å². The Morgan fingerprint density at radius 2 is 2.00 bits per heavy atom. The Morgan fingerprint density at radius 3 is 2.41 bits per heavy atom. The standard InChI is InChI=1S/C11H22N2O4/c1-5-6-8(9(14)15)12-10(16)13-11(2,3)7-17-4/h8H,5-7H2,1-4H3,(H,14,15)(H2,12,13,16)/t8-/m0/s1. The second kappa shape index (κ2) is 7.11. The van der Waals surface area contributed by atoms with Crippen LogP contribution in [0, 0.1) is 0 Å². The third kappa shape index (κ3) is 6.78. The van der Waals surface area contributed by atoms with E-state index in [1.807, 2.05) is 6.92 Å². The molecule has 0 aromatic rings. The lowest BCUT2D eigenvalue weighted by Gasteiger charge is -2.26. The highest BCUT2D eigenvalue weighted by Crippen LogP contribution is 2.02. The number of rotatable bonds is 7. The largest absolute Gasteiger partial charge is 0.480 e. The first-order valence-corrected chi connectivity index (χ1v) is 5.63. The highest BCUT2D eigenvalue weighted by molar-refractivity contribution is 5.82. The second-order valence-electron chi connectivity index (χ2n) is 4.59. The van der Waals surface area contributed by atoms with Crippen molar-refractivity contribution in [3.8, 4) is 0 Å². The first-order chi connectivity index (χ1) is 7.82. The van der Waals surface area contributed by atoms with Gasteiger partial charge in [0.15, 0.2) is 0 Å². The summed E-state index contributed by atoms with van der Waals surface area (Å²) < 4.78 is 4.95. The van der Waals surface area contributed by atoms with Gasteiger partial charge in [-0.05, 0) is 20.3 Å². The highest BCUT2D eigenvalue weighted by atomic mass is 16.5. The van der Waals surface area contributed by atoms with Crippen molar-refractivity contribution >= 4 is 12.0 Å². The van der Waals surface area contributed by atoms with Gasteiger partial charge in [-0.2, -0.15) is 0 Å². The van der Waals surface area contributed by atoms with Crippen LogP contribution in [0.3, 0.4) is 0 Å². The Hall–Kier alpha value is -1.30. The van der Waals surface area contributed by atoms with Crippen molar-refractivity contribution in [3.63, 3.8) is 0 Å². The second-order valence-corrected chi connectivity index (χ2v) is 4.59. The lowest BCUT2D eigenvalue weighted by Crippen LogP contribution is -2.54. The number of carbonyl (C=O) groups excluding carboxylic acids is 1. The molecule has 0 rings (SSSR count). The predicted molar refractivity (Wildman–Crippen MR) is 64.0 cm³/mol. The number of hydrogen-bond acceptors (Lipinski definition) is 3. The van der Waals surface area contributed by atoms with E-state index in [1.165, 1.54) is 0 Å². The van der Waals surface area contributed by atoms with Gasteiger partial charge in [-0.25, -0.2) is 9.59 Å². The van der Waals surface area contributed by atoms with Gasteiger partial charge in [-0.1, -0.05) is 13.3 Å². The zero-order valence-corrected chi connectivity index (χ0v) is 10.9. The fraction of sp³-hybridized carbons (Fsp3) is 0.818. The van der Waals surface area contributed by atoms with Crippen LogP contribution in [0.5, 0.6) is 0 Å². The number of nitrogens with one attached hydrogen (secondary N) is 2. The van der Waals surface area contributed by atoms with E-state index in [9.17, 15) is 9.59 Å². The van der Waals surface area contributed by atoms with Crippen LogP contribution >= 0.6 is 0 Å². The first-order valence-electron chi connectivity index (χ1n) is 5.63. The third-order valence-corrected chi connectivity index (χ3v) is 2.14. The van der Waals surface area contributed by atoms with E-state index in [0.717, 1.165) is 0 Å². The molecule has 3 N–H and O–H groups in total. The maximum absolute atomic E-state index is 11.6. The number of methoxy groups -OCH3 is 1. The fourth-order valence-corrected chi connectivity index (χ4v) is 1.44. The summed E-state index contributed by atoms with van der Waals surface area (Å²) in [6, 6.07) is -1.34. The third-order valence-electron chi connectivity index (χ3n) is 2.14. The zero-order valence-electron chi connectivity index (χ0n) is 10.9. The van der Waals surface area contributed by atoms with Crippen LogP contribution in [0.2, 0.25) is 0 Å². The monoisotopic (exact) mass is 246 g/mol. The van der Waals surface area contributed by atoms with Gasteiger partial charge in [-0.15, -0.1) is 0 Å². The SMILES string of the molecule is CCC[C@H](NC(=O)NC(C)(C)COC)C(=O)O. The summed E-state index contributed by atoms with van der Waals surface area (Å²) in [6.45, 7) is 5.81. The van der Waals surface area contributed by atoms with Gasteiger partial charge in [0.25, 0.3) is 0 Å². The van der Waals surface area contributed by atoms with Crippen molar-refractivity contribution < 1.29 is 19.4 Å². The quantitative estimate of drug-likeness (QED) is 0.624. The number of urea groups is 1. The van der Waals surface area contributed by atoms with E-state index in [1.54, 1.807) is 21.0 Å². The molecule has 1 atom stereocenters. The van der Waals surface area contributed by atoms with Gasteiger partial charge in [-0.3, -0.25) is 0 Å². The van der Waals surface area contributed by atoms with Crippen LogP contribution in [0.1, 0.15) is 33.6 Å². The minimum Gasteiger partial charge on any atom is -0.480 e. The molecular formula is C11H22N2O4. The summed E-state index contributed by atoms with van der Waals surface area (Å²) in [5, 5.41) is 14.0. The number of ether oxygens (including phenoxy) is 1. The van der Waals surface area contributed by atoms with Crippen LogP contribution in [0.25, 0.3) is 0 Å². The van der Waals surface area contributed by atoms with Gasteiger partial charge >= 0.3 is 12.0 Å². The molecule has 0 bridgehead atoms. The predicted octanol–water partition coefficient (Wildman–Crippen LogP) is 0.964. The lowest BCUT2D eigenvalue weighted by molar-refractivity contribution is -0.139. The van der Waals surface area contributed by atoms with Crippen molar-refractivity contribution in [2.24, 2.45) is 0 Å². The van der Waals surface area contributed by atoms with Gasteiger partial charge in [0.2, 0.25) is 0 Å². The smallest absolute Gasteiger partial charge is 0.326 e. The molecule has 0 aliphatic heterocycles. The number of hydrogen-bond donors (Lipinski definition) is 3. The van der Waals surface area contributed by atoms with Crippen LogP contribution in [0.4, 0.5) is 4.79 Å². The maximum atomic E-state index is 11.6. The summed E-state index contributed by atoms with van der Waals surface area (Å²) in [5.41, 5.74) is -0.534. The van der Waals surface area contributed by atoms with Gasteiger partial charge in [0, 0.05) is 7.11 Å². The average Bonchev–Trinajstić information content (AvgIpc) is 2.15. The maximum Gasteiger partial charge on any atom is 0.326 e. The molecule has 0 aromatic heterocycles. The normalized spacial score (nSPS) is 12.9. The molecule has 0 aromatic carbocycles. The molecule has 6 nitrogen and oxygen atoms in total. The van der Waals surface area contributed by atoms with E-state index in [2.05, 4.69) is 10.6 Å².